The van der Waals surface area contributed by atoms with Crippen LogP contribution in [0.2, 0.25) is 5.15 Å². The summed E-state index contributed by atoms with van der Waals surface area (Å²) in [4.78, 5) is 11.6. The second-order valence-electron chi connectivity index (χ2n) is 4.92. The quantitative estimate of drug-likeness (QED) is 0.765. The van der Waals surface area contributed by atoms with Crippen LogP contribution in [-0.4, -0.2) is 40.0 Å². The zero-order chi connectivity index (χ0) is 12.7. The van der Waals surface area contributed by atoms with Crippen molar-refractivity contribution in [3.63, 3.8) is 0 Å². The molecule has 1 aliphatic heterocycles. The van der Waals surface area contributed by atoms with Crippen molar-refractivity contribution in [3.8, 4) is 0 Å². The molecule has 0 bridgehead atoms. The Balaban J connectivity index is 1.96. The largest absolute Gasteiger partial charge is 0.295 e. The highest BCUT2D eigenvalue weighted by atomic mass is 79.9. The van der Waals surface area contributed by atoms with Crippen molar-refractivity contribution in [3.05, 3.63) is 21.1 Å². The van der Waals surface area contributed by atoms with Gasteiger partial charge in [-0.05, 0) is 35.8 Å². The van der Waals surface area contributed by atoms with Gasteiger partial charge in [-0.1, -0.05) is 11.6 Å². The maximum Gasteiger partial charge on any atom is 0.148 e. The fourth-order valence-electron chi connectivity index (χ4n) is 2.19. The topological polar surface area (TPSA) is 29.0 Å². The fourth-order valence-corrected chi connectivity index (χ4v) is 4.08. The molecule has 1 saturated carbocycles. The van der Waals surface area contributed by atoms with Gasteiger partial charge in [0.2, 0.25) is 0 Å². The molecule has 6 heteroatoms. The minimum atomic E-state index is 0.298. The lowest BCUT2D eigenvalue weighted by Gasteiger charge is -2.31. The predicted octanol–water partition coefficient (Wildman–Crippen LogP) is 3.49. The van der Waals surface area contributed by atoms with E-state index in [4.69, 9.17) is 16.6 Å². The number of rotatable bonds is 2. The number of hydrogen-bond donors (Lipinski definition) is 0. The van der Waals surface area contributed by atoms with E-state index in [2.05, 4.69) is 32.9 Å². The third-order valence-electron chi connectivity index (χ3n) is 3.51. The van der Waals surface area contributed by atoms with Gasteiger partial charge in [0.25, 0.3) is 0 Å². The van der Waals surface area contributed by atoms with Crippen LogP contribution in [0.5, 0.6) is 0 Å². The van der Waals surface area contributed by atoms with Gasteiger partial charge in [0, 0.05) is 24.0 Å². The average Bonchev–Trinajstić information content (AvgIpc) is 3.17. The van der Waals surface area contributed by atoms with Crippen molar-refractivity contribution in [2.24, 2.45) is 0 Å². The summed E-state index contributed by atoms with van der Waals surface area (Å²) in [7, 11) is 2.14. The molecule has 0 aromatic carbocycles. The minimum Gasteiger partial charge on any atom is -0.295 e. The molecule has 2 heterocycles. The summed E-state index contributed by atoms with van der Waals surface area (Å²) in [6.07, 6.45) is 2.45. The summed E-state index contributed by atoms with van der Waals surface area (Å²) in [6.45, 7) is 1.09. The molecular formula is C12H15BrClN3S. The zero-order valence-electron chi connectivity index (χ0n) is 10.2. The monoisotopic (exact) mass is 347 g/mol. The third kappa shape index (κ3) is 2.55. The number of halogens is 2. The normalized spacial score (nSPS) is 25.4. The smallest absolute Gasteiger partial charge is 0.148 e. The molecule has 2 aliphatic rings. The van der Waals surface area contributed by atoms with E-state index in [9.17, 15) is 0 Å². The summed E-state index contributed by atoms with van der Waals surface area (Å²) in [6, 6.07) is 0.298. The standard InChI is InChI=1S/C12H15BrClN3S/c1-17-4-5-18-6-8(17)12-15-10(7-2-3-7)9(13)11(14)16-12/h7-8H,2-6H2,1H3. The van der Waals surface area contributed by atoms with Crippen molar-refractivity contribution >= 4 is 39.3 Å². The first-order chi connectivity index (χ1) is 8.66. The molecule has 1 atom stereocenters. The second kappa shape index (κ2) is 5.27. The molecule has 2 fully saturated rings. The van der Waals surface area contributed by atoms with Gasteiger partial charge in [0.05, 0.1) is 16.2 Å². The van der Waals surface area contributed by atoms with Crippen molar-refractivity contribution in [2.45, 2.75) is 24.8 Å². The first-order valence-corrected chi connectivity index (χ1v) is 8.50. The van der Waals surface area contributed by atoms with E-state index in [1.54, 1.807) is 0 Å². The Morgan fingerprint density at radius 2 is 2.17 bits per heavy atom. The number of hydrogen-bond acceptors (Lipinski definition) is 4. The lowest BCUT2D eigenvalue weighted by atomic mass is 10.2. The minimum absolute atomic E-state index is 0.298. The van der Waals surface area contributed by atoms with Crippen molar-refractivity contribution in [2.75, 3.05) is 25.1 Å². The molecule has 1 aromatic rings. The first kappa shape index (κ1) is 13.2. The number of aromatic nitrogens is 2. The summed E-state index contributed by atoms with van der Waals surface area (Å²) in [5.74, 6) is 3.71. The van der Waals surface area contributed by atoms with Crippen LogP contribution in [0.25, 0.3) is 0 Å². The van der Waals surface area contributed by atoms with Gasteiger partial charge in [0.1, 0.15) is 11.0 Å². The molecule has 98 valence electrons. The summed E-state index contributed by atoms with van der Waals surface area (Å²) in [5.41, 5.74) is 1.11. The molecule has 3 rings (SSSR count). The highest BCUT2D eigenvalue weighted by Crippen LogP contribution is 2.44. The average molecular weight is 349 g/mol. The molecule has 0 N–H and O–H groups in total. The molecule has 1 aromatic heterocycles. The molecule has 18 heavy (non-hydrogen) atoms. The highest BCUT2D eigenvalue weighted by Gasteiger charge is 2.31. The zero-order valence-corrected chi connectivity index (χ0v) is 13.4. The Morgan fingerprint density at radius 3 is 2.83 bits per heavy atom. The van der Waals surface area contributed by atoms with Crippen LogP contribution in [0, 0.1) is 0 Å². The van der Waals surface area contributed by atoms with Crippen LogP contribution < -0.4 is 0 Å². The Hall–Kier alpha value is 0.160. The predicted molar refractivity (Wildman–Crippen MR) is 79.4 cm³/mol. The molecule has 1 saturated heterocycles. The van der Waals surface area contributed by atoms with Crippen LogP contribution in [-0.2, 0) is 0 Å². The van der Waals surface area contributed by atoms with Gasteiger partial charge >= 0.3 is 0 Å². The third-order valence-corrected chi connectivity index (χ3v) is 5.82. The molecule has 1 unspecified atom stereocenters. The molecule has 0 spiro atoms. The van der Waals surface area contributed by atoms with E-state index in [1.807, 2.05) is 11.8 Å². The lowest BCUT2D eigenvalue weighted by Crippen LogP contribution is -2.34. The van der Waals surface area contributed by atoms with E-state index in [0.717, 1.165) is 28.3 Å². The lowest BCUT2D eigenvalue weighted by molar-refractivity contribution is 0.264. The van der Waals surface area contributed by atoms with Crippen molar-refractivity contribution in [1.82, 2.24) is 14.9 Å². The Labute approximate surface area is 125 Å². The van der Waals surface area contributed by atoms with E-state index < -0.39 is 0 Å². The van der Waals surface area contributed by atoms with Crippen LogP contribution >= 0.6 is 39.3 Å². The van der Waals surface area contributed by atoms with E-state index in [1.165, 1.54) is 18.6 Å². The van der Waals surface area contributed by atoms with Crippen LogP contribution in [0.15, 0.2) is 4.47 Å². The molecular weight excluding hydrogens is 334 g/mol. The number of thioether (sulfide) groups is 1. The SMILES string of the molecule is CN1CCSCC1c1nc(Cl)c(Br)c(C2CC2)n1. The summed E-state index contributed by atoms with van der Waals surface area (Å²) >= 11 is 11.7. The van der Waals surface area contributed by atoms with Gasteiger partial charge in [0.15, 0.2) is 0 Å². The van der Waals surface area contributed by atoms with Gasteiger partial charge in [-0.2, -0.15) is 11.8 Å². The van der Waals surface area contributed by atoms with E-state index >= 15 is 0 Å². The molecule has 3 nitrogen and oxygen atoms in total. The summed E-state index contributed by atoms with van der Waals surface area (Å²) in [5, 5.41) is 0.561. The van der Waals surface area contributed by atoms with Crippen LogP contribution in [0.3, 0.4) is 0 Å². The maximum atomic E-state index is 6.23. The molecule has 0 radical (unpaired) electrons. The highest BCUT2D eigenvalue weighted by molar-refractivity contribution is 9.10. The Kier molecular flexibility index (Phi) is 3.85. The van der Waals surface area contributed by atoms with E-state index in [0.29, 0.717) is 17.1 Å². The van der Waals surface area contributed by atoms with Crippen molar-refractivity contribution in [1.29, 1.82) is 0 Å². The van der Waals surface area contributed by atoms with Crippen LogP contribution in [0.4, 0.5) is 0 Å². The second-order valence-corrected chi connectivity index (χ2v) is 7.22. The fraction of sp³-hybridized carbons (Fsp3) is 0.667. The summed E-state index contributed by atoms with van der Waals surface area (Å²) < 4.78 is 0.890. The van der Waals surface area contributed by atoms with E-state index in [-0.39, 0.29) is 0 Å². The van der Waals surface area contributed by atoms with Gasteiger partial charge in [-0.3, -0.25) is 4.90 Å². The number of nitrogens with zero attached hydrogens (tertiary/aromatic N) is 3. The van der Waals surface area contributed by atoms with Crippen LogP contribution in [0.1, 0.15) is 36.3 Å². The first-order valence-electron chi connectivity index (χ1n) is 6.17. The van der Waals surface area contributed by atoms with Gasteiger partial charge < -0.3 is 0 Å². The van der Waals surface area contributed by atoms with Gasteiger partial charge in [-0.15, -0.1) is 0 Å². The maximum absolute atomic E-state index is 6.23. The van der Waals surface area contributed by atoms with Gasteiger partial charge in [-0.25, -0.2) is 9.97 Å². The molecule has 1 aliphatic carbocycles. The van der Waals surface area contributed by atoms with Crippen molar-refractivity contribution < 1.29 is 0 Å². The molecule has 0 amide bonds. The Morgan fingerprint density at radius 1 is 1.39 bits per heavy atom. The Bertz CT molecular complexity index is 467.